The number of aromatic hydroxyl groups is 1. The summed E-state index contributed by atoms with van der Waals surface area (Å²) in [5.41, 5.74) is 1.77. The van der Waals surface area contributed by atoms with E-state index >= 15 is 0 Å². The molecule has 2 rings (SSSR count). The van der Waals surface area contributed by atoms with Crippen LogP contribution in [0.15, 0.2) is 53.5 Å². The fourth-order valence-corrected chi connectivity index (χ4v) is 3.02. The fraction of sp³-hybridized carbons (Fsp3) is 0.417. The van der Waals surface area contributed by atoms with Crippen LogP contribution >= 0.6 is 24.0 Å². The summed E-state index contributed by atoms with van der Waals surface area (Å²) in [6, 6.07) is 14.5. The predicted octanol–water partition coefficient (Wildman–Crippen LogP) is 3.72. The minimum Gasteiger partial charge on any atom is -0.508 e. The number of nitrogens with one attached hydrogen (secondary N) is 3. The molecule has 0 atom stereocenters. The van der Waals surface area contributed by atoms with E-state index in [1.807, 2.05) is 19.1 Å². The Balaban J connectivity index is 0.00000512. The van der Waals surface area contributed by atoms with Crippen molar-refractivity contribution in [1.82, 2.24) is 16.0 Å². The Morgan fingerprint density at radius 3 is 2.44 bits per heavy atom. The van der Waals surface area contributed by atoms with E-state index < -0.39 is 0 Å². The molecule has 2 aromatic rings. The maximum absolute atomic E-state index is 12.0. The Labute approximate surface area is 208 Å². The van der Waals surface area contributed by atoms with Gasteiger partial charge < -0.3 is 25.8 Å². The standard InChI is InChI=1S/C24H34N4O3.HI/c1-3-25-24(27-15-5-4-8-19-11-13-22(31-2)14-12-19)28-17-7-16-26-23(30)20-9-6-10-21(29)18-20;/h6,9-14,18,29H,3-5,7-8,15-17H2,1-2H3,(H,26,30)(H2,25,27,28);1H. The van der Waals surface area contributed by atoms with Gasteiger partial charge in [0.1, 0.15) is 11.5 Å². The zero-order chi connectivity index (χ0) is 22.3. The number of rotatable bonds is 12. The molecule has 0 aliphatic heterocycles. The van der Waals surface area contributed by atoms with Gasteiger partial charge in [0.05, 0.1) is 7.11 Å². The summed E-state index contributed by atoms with van der Waals surface area (Å²) in [6.45, 7) is 4.83. The van der Waals surface area contributed by atoms with E-state index in [0.29, 0.717) is 18.7 Å². The number of aliphatic imine (C=N–C) groups is 1. The van der Waals surface area contributed by atoms with Crippen LogP contribution < -0.4 is 20.7 Å². The second-order valence-corrected chi connectivity index (χ2v) is 7.15. The number of unbranched alkanes of at least 4 members (excludes halogenated alkanes) is 1. The number of phenols is 1. The number of carbonyl (C=O) groups is 1. The Morgan fingerprint density at radius 1 is 1.00 bits per heavy atom. The number of phenolic OH excluding ortho intramolecular Hbond substituents is 1. The number of methoxy groups -OCH3 is 1. The van der Waals surface area contributed by atoms with E-state index in [-0.39, 0.29) is 35.6 Å². The fourth-order valence-electron chi connectivity index (χ4n) is 3.02. The van der Waals surface area contributed by atoms with Gasteiger partial charge in [-0.3, -0.25) is 9.79 Å². The van der Waals surface area contributed by atoms with Crippen LogP contribution in [0.2, 0.25) is 0 Å². The molecule has 0 bridgehead atoms. The molecule has 4 N–H and O–H groups in total. The van der Waals surface area contributed by atoms with Gasteiger partial charge in [0.25, 0.3) is 5.91 Å². The van der Waals surface area contributed by atoms with Crippen LogP contribution in [0.25, 0.3) is 0 Å². The van der Waals surface area contributed by atoms with Crippen LogP contribution in [0.3, 0.4) is 0 Å². The normalized spacial score (nSPS) is 10.8. The third-order valence-electron chi connectivity index (χ3n) is 4.69. The molecule has 0 aliphatic carbocycles. The van der Waals surface area contributed by atoms with Gasteiger partial charge in [0, 0.05) is 31.7 Å². The summed E-state index contributed by atoms with van der Waals surface area (Å²) in [7, 11) is 1.68. The molecule has 1 amide bonds. The van der Waals surface area contributed by atoms with Gasteiger partial charge in [0.15, 0.2) is 5.96 Å². The molecular formula is C24H35IN4O3. The molecule has 7 nitrogen and oxygen atoms in total. The second-order valence-electron chi connectivity index (χ2n) is 7.15. The molecule has 0 unspecified atom stereocenters. The smallest absolute Gasteiger partial charge is 0.251 e. The van der Waals surface area contributed by atoms with Crippen molar-refractivity contribution < 1.29 is 14.6 Å². The number of hydrogen-bond acceptors (Lipinski definition) is 4. The molecule has 176 valence electrons. The Morgan fingerprint density at radius 2 is 1.75 bits per heavy atom. The zero-order valence-corrected chi connectivity index (χ0v) is 21.2. The molecule has 32 heavy (non-hydrogen) atoms. The van der Waals surface area contributed by atoms with Gasteiger partial charge in [-0.05, 0) is 68.5 Å². The number of guanidine groups is 1. The first-order valence-corrected chi connectivity index (χ1v) is 10.8. The van der Waals surface area contributed by atoms with Crippen molar-refractivity contribution in [2.45, 2.75) is 32.6 Å². The third-order valence-corrected chi connectivity index (χ3v) is 4.69. The molecule has 0 heterocycles. The van der Waals surface area contributed by atoms with Crippen molar-refractivity contribution in [3.8, 4) is 11.5 Å². The summed E-state index contributed by atoms with van der Waals surface area (Å²) < 4.78 is 5.19. The van der Waals surface area contributed by atoms with Gasteiger partial charge in [-0.25, -0.2) is 0 Å². The van der Waals surface area contributed by atoms with Crippen LogP contribution in [-0.2, 0) is 6.42 Å². The monoisotopic (exact) mass is 554 g/mol. The van der Waals surface area contributed by atoms with Gasteiger partial charge in [-0.1, -0.05) is 18.2 Å². The maximum Gasteiger partial charge on any atom is 0.251 e. The lowest BCUT2D eigenvalue weighted by molar-refractivity contribution is 0.0953. The number of hydrogen-bond donors (Lipinski definition) is 4. The molecule has 2 aromatic carbocycles. The summed E-state index contributed by atoms with van der Waals surface area (Å²) in [5.74, 6) is 1.58. The van der Waals surface area contributed by atoms with Crippen LogP contribution in [0.1, 0.15) is 42.1 Å². The van der Waals surface area contributed by atoms with Crippen LogP contribution in [0.5, 0.6) is 11.5 Å². The van der Waals surface area contributed by atoms with Gasteiger partial charge in [-0.15, -0.1) is 24.0 Å². The van der Waals surface area contributed by atoms with Crippen LogP contribution in [0.4, 0.5) is 0 Å². The van der Waals surface area contributed by atoms with Crippen LogP contribution in [0, 0.1) is 0 Å². The molecule has 0 aliphatic rings. The quantitative estimate of drug-likeness (QED) is 0.139. The minimum atomic E-state index is -0.193. The highest BCUT2D eigenvalue weighted by atomic mass is 127. The molecular weight excluding hydrogens is 519 g/mol. The largest absolute Gasteiger partial charge is 0.508 e. The van der Waals surface area contributed by atoms with E-state index in [4.69, 9.17) is 4.74 Å². The van der Waals surface area contributed by atoms with Crippen molar-refractivity contribution in [1.29, 1.82) is 0 Å². The van der Waals surface area contributed by atoms with Gasteiger partial charge in [0.2, 0.25) is 0 Å². The molecule has 0 saturated heterocycles. The Kier molecular flexibility index (Phi) is 13.9. The summed E-state index contributed by atoms with van der Waals surface area (Å²) in [6.07, 6.45) is 3.92. The lowest BCUT2D eigenvalue weighted by Gasteiger charge is -2.11. The van der Waals surface area contributed by atoms with Crippen molar-refractivity contribution in [2.24, 2.45) is 4.99 Å². The van der Waals surface area contributed by atoms with E-state index in [2.05, 4.69) is 33.1 Å². The van der Waals surface area contributed by atoms with Crippen molar-refractivity contribution in [3.63, 3.8) is 0 Å². The van der Waals surface area contributed by atoms with Crippen LogP contribution in [-0.4, -0.2) is 50.3 Å². The number of halogens is 1. The van der Waals surface area contributed by atoms with E-state index in [0.717, 1.165) is 50.5 Å². The molecule has 0 fully saturated rings. The highest BCUT2D eigenvalue weighted by molar-refractivity contribution is 14.0. The highest BCUT2D eigenvalue weighted by Crippen LogP contribution is 2.13. The first-order chi connectivity index (χ1) is 15.1. The molecule has 8 heteroatoms. The summed E-state index contributed by atoms with van der Waals surface area (Å²) in [4.78, 5) is 16.6. The van der Waals surface area contributed by atoms with Crippen molar-refractivity contribution >= 4 is 35.8 Å². The van der Waals surface area contributed by atoms with Gasteiger partial charge in [-0.2, -0.15) is 0 Å². The third kappa shape index (κ3) is 10.7. The minimum absolute atomic E-state index is 0. The topological polar surface area (TPSA) is 95.0 Å². The van der Waals surface area contributed by atoms with Gasteiger partial charge >= 0.3 is 0 Å². The van der Waals surface area contributed by atoms with Crippen molar-refractivity contribution in [2.75, 3.05) is 33.3 Å². The number of carbonyl (C=O) groups excluding carboxylic acids is 1. The second kappa shape index (κ2) is 16.2. The number of amides is 1. The molecule has 0 spiro atoms. The Hall–Kier alpha value is -2.49. The lowest BCUT2D eigenvalue weighted by Crippen LogP contribution is -2.38. The zero-order valence-electron chi connectivity index (χ0n) is 18.9. The average molecular weight is 554 g/mol. The summed E-state index contributed by atoms with van der Waals surface area (Å²) in [5, 5.41) is 18.9. The average Bonchev–Trinajstić information content (AvgIpc) is 2.78. The first kappa shape index (κ1) is 27.5. The Bertz CT molecular complexity index is 828. The maximum atomic E-state index is 12.0. The highest BCUT2D eigenvalue weighted by Gasteiger charge is 2.05. The SMILES string of the molecule is CCNC(=NCCCNC(=O)c1cccc(O)c1)NCCCCc1ccc(OC)cc1.I. The molecule has 0 aromatic heterocycles. The lowest BCUT2D eigenvalue weighted by atomic mass is 10.1. The van der Waals surface area contributed by atoms with E-state index in [1.54, 1.807) is 25.3 Å². The number of nitrogens with zero attached hydrogens (tertiary/aromatic N) is 1. The first-order valence-electron chi connectivity index (χ1n) is 10.8. The molecule has 0 saturated carbocycles. The van der Waals surface area contributed by atoms with E-state index in [1.165, 1.54) is 11.6 Å². The molecule has 0 radical (unpaired) electrons. The number of aryl methyl sites for hydroxylation is 1. The van der Waals surface area contributed by atoms with E-state index in [9.17, 15) is 9.90 Å². The number of ether oxygens (including phenoxy) is 1. The van der Waals surface area contributed by atoms with Crippen molar-refractivity contribution in [3.05, 3.63) is 59.7 Å². The predicted molar refractivity (Wildman–Crippen MR) is 140 cm³/mol. The summed E-state index contributed by atoms with van der Waals surface area (Å²) >= 11 is 0. The number of benzene rings is 2.